The number of nitrogens with two attached hydrogens (primary N) is 1. The van der Waals surface area contributed by atoms with Gasteiger partial charge in [-0.25, -0.2) is 0 Å². The largest absolute Gasteiger partial charge is 0.495 e. The second-order valence-corrected chi connectivity index (χ2v) is 7.45. The molecule has 1 heterocycles. The summed E-state index contributed by atoms with van der Waals surface area (Å²) in [7, 11) is -0.350. The summed E-state index contributed by atoms with van der Waals surface area (Å²) in [6.07, 6.45) is 0. The van der Waals surface area contributed by atoms with Crippen LogP contribution in [0.2, 0.25) is 0 Å². The zero-order chi connectivity index (χ0) is 15.8. The molecule has 4 nitrogen and oxygen atoms in total. The van der Waals surface area contributed by atoms with Crippen molar-refractivity contribution < 1.29 is 9.31 Å². The van der Waals surface area contributed by atoms with Crippen LogP contribution in [0.3, 0.4) is 0 Å². The number of nitrogens with one attached hydrogen (secondary N) is 1. The quantitative estimate of drug-likeness (QED) is 0.511. The predicted molar refractivity (Wildman–Crippen MR) is 90.1 cm³/mol. The molecule has 0 aliphatic carbocycles. The number of hydrogen-bond acceptors (Lipinski definition) is 4. The molecule has 2 rings (SSSR count). The Morgan fingerprint density at radius 1 is 1.24 bits per heavy atom. The number of thioether (sulfide) groups is 1. The van der Waals surface area contributed by atoms with E-state index in [1.807, 2.05) is 0 Å². The zero-order valence-electron chi connectivity index (χ0n) is 13.3. The highest BCUT2D eigenvalue weighted by Gasteiger charge is 2.52. The fraction of sp³-hybridized carbons (Fsp3) is 0.533. The van der Waals surface area contributed by atoms with Crippen LogP contribution in [-0.2, 0) is 15.1 Å². The van der Waals surface area contributed by atoms with Crippen LogP contribution in [0.15, 0.2) is 18.2 Å². The third-order valence-electron chi connectivity index (χ3n) is 4.25. The molecule has 0 saturated carbocycles. The van der Waals surface area contributed by atoms with Crippen molar-refractivity contribution in [3.8, 4) is 0 Å². The highest BCUT2D eigenvalue weighted by atomic mass is 32.2. The van der Waals surface area contributed by atoms with Gasteiger partial charge < -0.3 is 15.0 Å². The van der Waals surface area contributed by atoms with Crippen molar-refractivity contribution in [2.24, 2.45) is 5.73 Å². The van der Waals surface area contributed by atoms with E-state index in [0.717, 1.165) is 16.6 Å². The molecule has 1 fully saturated rings. The van der Waals surface area contributed by atoms with Gasteiger partial charge in [0.05, 0.1) is 11.2 Å². The van der Waals surface area contributed by atoms with Crippen LogP contribution < -0.4 is 11.2 Å². The Labute approximate surface area is 131 Å². The maximum atomic E-state index is 7.30. The van der Waals surface area contributed by atoms with E-state index < -0.39 is 0 Å². The lowest BCUT2D eigenvalue weighted by molar-refractivity contribution is 0.00578. The average Bonchev–Trinajstić information content (AvgIpc) is 2.57. The van der Waals surface area contributed by atoms with Gasteiger partial charge in [0.15, 0.2) is 5.17 Å². The molecule has 6 heteroatoms. The molecule has 1 aromatic carbocycles. The van der Waals surface area contributed by atoms with Gasteiger partial charge in [-0.3, -0.25) is 5.41 Å². The number of benzene rings is 1. The number of aryl methyl sites for hydroxylation is 1. The standard InChI is InChI=1S/C15H23BN2O2S/c1-10-6-7-11(9-21-13(17)18)8-12(10)16-19-14(2,3)15(4,5)20-16/h6-8H,9H2,1-5H3,(H3,17,18). The molecule has 0 atom stereocenters. The SMILES string of the molecule is Cc1ccc(CSC(=N)N)cc1B1OC(C)(C)C(C)(C)O1. The first-order chi connectivity index (χ1) is 9.62. The molecule has 1 aliphatic rings. The van der Waals surface area contributed by atoms with Crippen LogP contribution in [0.4, 0.5) is 0 Å². The van der Waals surface area contributed by atoms with E-state index in [4.69, 9.17) is 20.5 Å². The summed E-state index contributed by atoms with van der Waals surface area (Å²) in [5.41, 5.74) is 8.03. The first kappa shape index (κ1) is 16.4. The summed E-state index contributed by atoms with van der Waals surface area (Å²) >= 11 is 1.32. The van der Waals surface area contributed by atoms with Crippen molar-refractivity contribution in [1.29, 1.82) is 5.41 Å². The van der Waals surface area contributed by atoms with Gasteiger partial charge in [0, 0.05) is 5.75 Å². The fourth-order valence-electron chi connectivity index (χ4n) is 2.16. The molecule has 21 heavy (non-hydrogen) atoms. The predicted octanol–water partition coefficient (Wildman–Crippen LogP) is 2.42. The van der Waals surface area contributed by atoms with Crippen molar-refractivity contribution in [3.05, 3.63) is 29.3 Å². The molecule has 1 aromatic rings. The molecular formula is C15H23BN2O2S. The molecule has 1 aliphatic heterocycles. The minimum Gasteiger partial charge on any atom is -0.399 e. The minimum absolute atomic E-state index is 0.132. The molecule has 114 valence electrons. The van der Waals surface area contributed by atoms with E-state index in [9.17, 15) is 0 Å². The van der Waals surface area contributed by atoms with Crippen molar-refractivity contribution in [3.63, 3.8) is 0 Å². The lowest BCUT2D eigenvalue weighted by Crippen LogP contribution is -2.41. The Morgan fingerprint density at radius 2 is 1.81 bits per heavy atom. The third-order valence-corrected chi connectivity index (χ3v) is 5.03. The first-order valence-corrected chi connectivity index (χ1v) is 8.03. The minimum atomic E-state index is -0.350. The Kier molecular flexibility index (Phi) is 4.43. The Bertz CT molecular complexity index is 545. The average molecular weight is 306 g/mol. The van der Waals surface area contributed by atoms with Gasteiger partial charge in [-0.15, -0.1) is 0 Å². The molecule has 0 bridgehead atoms. The van der Waals surface area contributed by atoms with E-state index in [2.05, 4.69) is 52.8 Å². The highest BCUT2D eigenvalue weighted by molar-refractivity contribution is 8.13. The normalized spacial score (nSPS) is 19.8. The summed E-state index contributed by atoms with van der Waals surface area (Å²) in [6.45, 7) is 10.3. The molecule has 0 radical (unpaired) electrons. The molecule has 3 N–H and O–H groups in total. The van der Waals surface area contributed by atoms with E-state index in [0.29, 0.717) is 5.75 Å². The molecule has 0 spiro atoms. The zero-order valence-corrected chi connectivity index (χ0v) is 14.1. The maximum Gasteiger partial charge on any atom is 0.495 e. The lowest BCUT2D eigenvalue weighted by atomic mass is 9.75. The molecule has 0 unspecified atom stereocenters. The molecular weight excluding hydrogens is 283 g/mol. The molecule has 0 amide bonds. The first-order valence-electron chi connectivity index (χ1n) is 7.04. The summed E-state index contributed by atoms with van der Waals surface area (Å²) in [5, 5.41) is 7.43. The maximum absolute atomic E-state index is 7.30. The van der Waals surface area contributed by atoms with Crippen molar-refractivity contribution in [1.82, 2.24) is 0 Å². The summed E-state index contributed by atoms with van der Waals surface area (Å²) < 4.78 is 12.2. The van der Waals surface area contributed by atoms with Crippen molar-refractivity contribution in [2.75, 3.05) is 0 Å². The van der Waals surface area contributed by atoms with Crippen LogP contribution in [0, 0.1) is 12.3 Å². The van der Waals surface area contributed by atoms with Crippen molar-refractivity contribution in [2.45, 2.75) is 51.6 Å². The Balaban J connectivity index is 2.24. The smallest absolute Gasteiger partial charge is 0.399 e. The summed E-state index contributed by atoms with van der Waals surface area (Å²) in [4.78, 5) is 0. The van der Waals surface area contributed by atoms with E-state index in [-0.39, 0.29) is 23.5 Å². The number of hydrogen-bond donors (Lipinski definition) is 2. The van der Waals surface area contributed by atoms with E-state index in [1.165, 1.54) is 11.8 Å². The van der Waals surface area contributed by atoms with Gasteiger partial charge in [0.25, 0.3) is 0 Å². The Morgan fingerprint density at radius 3 is 2.33 bits per heavy atom. The lowest BCUT2D eigenvalue weighted by Gasteiger charge is -2.32. The second kappa shape index (κ2) is 5.67. The van der Waals surface area contributed by atoms with Gasteiger partial charge in [-0.1, -0.05) is 35.5 Å². The Hall–Kier alpha value is -0.975. The third kappa shape index (κ3) is 3.44. The van der Waals surface area contributed by atoms with Crippen molar-refractivity contribution >= 4 is 29.5 Å². The van der Waals surface area contributed by atoms with E-state index in [1.54, 1.807) is 0 Å². The van der Waals surface area contributed by atoms with Crippen LogP contribution in [-0.4, -0.2) is 23.5 Å². The van der Waals surface area contributed by atoms with Crippen LogP contribution in [0.1, 0.15) is 38.8 Å². The molecule has 0 aromatic heterocycles. The van der Waals surface area contributed by atoms with Gasteiger partial charge in [0.2, 0.25) is 0 Å². The van der Waals surface area contributed by atoms with Gasteiger partial charge >= 0.3 is 7.12 Å². The van der Waals surface area contributed by atoms with Gasteiger partial charge in [-0.2, -0.15) is 0 Å². The van der Waals surface area contributed by atoms with Crippen LogP contribution >= 0.6 is 11.8 Å². The second-order valence-electron chi connectivity index (χ2n) is 6.43. The summed E-state index contributed by atoms with van der Waals surface area (Å²) in [5.74, 6) is 0.683. The van der Waals surface area contributed by atoms with Gasteiger partial charge in [0.1, 0.15) is 0 Å². The summed E-state index contributed by atoms with van der Waals surface area (Å²) in [6, 6.07) is 6.21. The molecule has 1 saturated heterocycles. The van der Waals surface area contributed by atoms with Gasteiger partial charge in [-0.05, 0) is 45.6 Å². The monoisotopic (exact) mass is 306 g/mol. The van der Waals surface area contributed by atoms with Crippen LogP contribution in [0.25, 0.3) is 0 Å². The van der Waals surface area contributed by atoms with Crippen LogP contribution in [0.5, 0.6) is 0 Å². The highest BCUT2D eigenvalue weighted by Crippen LogP contribution is 2.36. The van der Waals surface area contributed by atoms with E-state index >= 15 is 0 Å². The fourth-order valence-corrected chi connectivity index (χ4v) is 2.67. The number of amidine groups is 1. The number of rotatable bonds is 3. The topological polar surface area (TPSA) is 68.3 Å².